The molecule has 2 aromatic rings. The van der Waals surface area contributed by atoms with Crippen LogP contribution in [0.2, 0.25) is 0 Å². The van der Waals surface area contributed by atoms with Crippen LogP contribution in [0, 0.1) is 0 Å². The molecule has 1 aromatic heterocycles. The molecule has 5 nitrogen and oxygen atoms in total. The van der Waals surface area contributed by atoms with Crippen molar-refractivity contribution in [3.63, 3.8) is 0 Å². The Hall–Kier alpha value is -0.950. The number of carbonyl (C=O) groups is 1. The van der Waals surface area contributed by atoms with E-state index in [1.54, 1.807) is 11.8 Å². The Balaban J connectivity index is 0.00000220. The molecule has 0 bridgehead atoms. The number of imidazole rings is 1. The molecule has 1 heterocycles. The highest BCUT2D eigenvalue weighted by Gasteiger charge is 2.12. The summed E-state index contributed by atoms with van der Waals surface area (Å²) >= 11 is 1.71. The lowest BCUT2D eigenvalue weighted by atomic mass is 10.3. The van der Waals surface area contributed by atoms with Gasteiger partial charge in [-0.1, -0.05) is 12.1 Å². The molecule has 124 valence electrons. The molecule has 0 fully saturated rings. The second kappa shape index (κ2) is 10.7. The van der Waals surface area contributed by atoms with E-state index in [-0.39, 0.29) is 30.7 Å². The number of fused-ring (bicyclic) bond motifs is 1. The second-order valence-corrected chi connectivity index (χ2v) is 5.36. The quantitative estimate of drug-likeness (QED) is 0.738. The van der Waals surface area contributed by atoms with Gasteiger partial charge in [0.05, 0.1) is 16.8 Å². The molecule has 1 amide bonds. The Labute approximate surface area is 147 Å². The smallest absolute Gasteiger partial charge is 0.240 e. The van der Waals surface area contributed by atoms with E-state index >= 15 is 0 Å². The zero-order chi connectivity index (χ0) is 14.4. The van der Waals surface area contributed by atoms with E-state index in [1.807, 2.05) is 42.1 Å². The van der Waals surface area contributed by atoms with Gasteiger partial charge in [-0.15, -0.1) is 24.8 Å². The maximum Gasteiger partial charge on any atom is 0.240 e. The normalized spacial score (nSPS) is 9.91. The van der Waals surface area contributed by atoms with Crippen molar-refractivity contribution in [2.24, 2.45) is 0 Å². The molecule has 0 radical (unpaired) electrons. The number of rotatable bonds is 7. The lowest BCUT2D eigenvalue weighted by Crippen LogP contribution is -2.33. The third kappa shape index (κ3) is 5.35. The zero-order valence-electron chi connectivity index (χ0n) is 12.7. The lowest BCUT2D eigenvalue weighted by Gasteiger charge is -2.09. The summed E-state index contributed by atoms with van der Waals surface area (Å²) in [5, 5.41) is 5.91. The molecule has 2 rings (SSSR count). The van der Waals surface area contributed by atoms with Gasteiger partial charge in [-0.05, 0) is 25.4 Å². The van der Waals surface area contributed by atoms with Gasteiger partial charge in [0.2, 0.25) is 5.91 Å². The van der Waals surface area contributed by atoms with E-state index in [2.05, 4.69) is 15.6 Å². The van der Waals surface area contributed by atoms with Crippen molar-refractivity contribution in [1.29, 1.82) is 0 Å². The van der Waals surface area contributed by atoms with E-state index in [0.717, 1.165) is 29.2 Å². The molecule has 8 heteroatoms. The number of hydrogen-bond acceptors (Lipinski definition) is 4. The molecule has 0 aliphatic heterocycles. The largest absolute Gasteiger partial charge is 0.353 e. The standard InChI is InChI=1S/C14H20N4OS.2ClH/c1-15-7-8-16-14(19)9-18-12-6-4-3-5-11(12)17-13(18)10-20-2;;/h3-6,15H,7-10H2,1-2H3,(H,16,19);2*1H. The summed E-state index contributed by atoms with van der Waals surface area (Å²) in [7, 11) is 1.87. The van der Waals surface area contributed by atoms with Gasteiger partial charge in [0.1, 0.15) is 12.4 Å². The van der Waals surface area contributed by atoms with Crippen LogP contribution in [-0.4, -0.2) is 41.9 Å². The van der Waals surface area contributed by atoms with Crippen molar-refractivity contribution in [3.05, 3.63) is 30.1 Å². The zero-order valence-corrected chi connectivity index (χ0v) is 15.1. The highest BCUT2D eigenvalue weighted by atomic mass is 35.5. The minimum absolute atomic E-state index is 0. The van der Waals surface area contributed by atoms with Crippen molar-refractivity contribution >= 4 is 53.5 Å². The van der Waals surface area contributed by atoms with Crippen molar-refractivity contribution in [1.82, 2.24) is 20.2 Å². The molecule has 22 heavy (non-hydrogen) atoms. The first-order valence-electron chi connectivity index (χ1n) is 6.60. The Bertz CT molecular complexity index is 591. The summed E-state index contributed by atoms with van der Waals surface area (Å²) in [6.45, 7) is 1.73. The third-order valence-corrected chi connectivity index (χ3v) is 3.55. The van der Waals surface area contributed by atoms with Crippen LogP contribution in [0.5, 0.6) is 0 Å². The van der Waals surface area contributed by atoms with Gasteiger partial charge >= 0.3 is 0 Å². The summed E-state index contributed by atoms with van der Waals surface area (Å²) in [5.74, 6) is 1.77. The maximum atomic E-state index is 12.0. The van der Waals surface area contributed by atoms with Crippen molar-refractivity contribution < 1.29 is 4.79 Å². The monoisotopic (exact) mass is 364 g/mol. The molecule has 0 saturated heterocycles. The number of amides is 1. The Morgan fingerprint density at radius 1 is 1.27 bits per heavy atom. The number of hydrogen-bond donors (Lipinski definition) is 2. The minimum Gasteiger partial charge on any atom is -0.353 e. The number of carbonyl (C=O) groups excluding carboxylic acids is 1. The fourth-order valence-electron chi connectivity index (χ4n) is 2.07. The van der Waals surface area contributed by atoms with Crippen LogP contribution >= 0.6 is 36.6 Å². The number of aromatic nitrogens is 2. The van der Waals surface area contributed by atoms with Gasteiger partial charge < -0.3 is 15.2 Å². The molecule has 2 N–H and O–H groups in total. The molecule has 0 atom stereocenters. The maximum absolute atomic E-state index is 12.0. The average molecular weight is 365 g/mol. The average Bonchev–Trinajstić information content (AvgIpc) is 2.78. The van der Waals surface area contributed by atoms with Gasteiger partial charge in [-0.25, -0.2) is 4.98 Å². The lowest BCUT2D eigenvalue weighted by molar-refractivity contribution is -0.121. The summed E-state index contributed by atoms with van der Waals surface area (Å²) in [4.78, 5) is 16.6. The fraction of sp³-hybridized carbons (Fsp3) is 0.429. The van der Waals surface area contributed by atoms with Crippen LogP contribution in [0.3, 0.4) is 0 Å². The Kier molecular flexibility index (Phi) is 10.3. The van der Waals surface area contributed by atoms with Crippen LogP contribution in [-0.2, 0) is 17.1 Å². The van der Waals surface area contributed by atoms with Crippen LogP contribution in [0.25, 0.3) is 11.0 Å². The van der Waals surface area contributed by atoms with Crippen LogP contribution in [0.15, 0.2) is 24.3 Å². The number of benzene rings is 1. The van der Waals surface area contributed by atoms with E-state index in [4.69, 9.17) is 0 Å². The number of likely N-dealkylation sites (N-methyl/N-ethyl adjacent to an activating group) is 1. The van der Waals surface area contributed by atoms with Crippen molar-refractivity contribution in [2.75, 3.05) is 26.4 Å². The Morgan fingerprint density at radius 3 is 2.68 bits per heavy atom. The van der Waals surface area contributed by atoms with E-state index in [0.29, 0.717) is 13.1 Å². The topological polar surface area (TPSA) is 58.9 Å². The van der Waals surface area contributed by atoms with Crippen molar-refractivity contribution in [2.45, 2.75) is 12.3 Å². The molecule has 0 aliphatic carbocycles. The highest BCUT2D eigenvalue weighted by Crippen LogP contribution is 2.18. The molecule has 1 aromatic carbocycles. The third-order valence-electron chi connectivity index (χ3n) is 3.01. The Morgan fingerprint density at radius 2 is 2.00 bits per heavy atom. The first-order chi connectivity index (χ1) is 9.76. The van der Waals surface area contributed by atoms with E-state index in [9.17, 15) is 4.79 Å². The van der Waals surface area contributed by atoms with Gasteiger partial charge in [0.25, 0.3) is 0 Å². The van der Waals surface area contributed by atoms with Crippen LogP contribution < -0.4 is 10.6 Å². The van der Waals surface area contributed by atoms with Gasteiger partial charge in [0, 0.05) is 13.1 Å². The minimum atomic E-state index is 0. The van der Waals surface area contributed by atoms with Gasteiger partial charge in [-0.3, -0.25) is 4.79 Å². The number of thioether (sulfide) groups is 1. The second-order valence-electron chi connectivity index (χ2n) is 4.49. The van der Waals surface area contributed by atoms with Crippen LogP contribution in [0.4, 0.5) is 0 Å². The fourth-order valence-corrected chi connectivity index (χ4v) is 2.55. The predicted octanol–water partition coefficient (Wildman–Crippen LogP) is 2.08. The number of halogens is 2. The summed E-state index contributed by atoms with van der Waals surface area (Å²) in [5.41, 5.74) is 1.96. The summed E-state index contributed by atoms with van der Waals surface area (Å²) < 4.78 is 2.00. The molecule has 0 saturated carbocycles. The summed E-state index contributed by atoms with van der Waals surface area (Å²) in [6.07, 6.45) is 2.04. The number of para-hydroxylation sites is 2. The van der Waals surface area contributed by atoms with Crippen molar-refractivity contribution in [3.8, 4) is 0 Å². The molecular weight excluding hydrogens is 343 g/mol. The highest BCUT2D eigenvalue weighted by molar-refractivity contribution is 7.97. The molecule has 0 aliphatic rings. The predicted molar refractivity (Wildman–Crippen MR) is 98.4 cm³/mol. The first kappa shape index (κ1) is 21.0. The number of nitrogens with zero attached hydrogens (tertiary/aromatic N) is 2. The van der Waals surface area contributed by atoms with E-state index < -0.39 is 0 Å². The molecule has 0 unspecified atom stereocenters. The number of nitrogens with one attached hydrogen (secondary N) is 2. The summed E-state index contributed by atoms with van der Waals surface area (Å²) in [6, 6.07) is 7.93. The molecular formula is C14H22Cl2N4OS. The van der Waals surface area contributed by atoms with Crippen LogP contribution in [0.1, 0.15) is 5.82 Å². The first-order valence-corrected chi connectivity index (χ1v) is 8.00. The van der Waals surface area contributed by atoms with Gasteiger partial charge in [-0.2, -0.15) is 11.8 Å². The molecule has 0 spiro atoms. The van der Waals surface area contributed by atoms with Gasteiger partial charge in [0.15, 0.2) is 0 Å². The SMILES string of the molecule is CNCCNC(=O)Cn1c(CSC)nc2ccccc21.Cl.Cl. The van der Waals surface area contributed by atoms with E-state index in [1.165, 1.54) is 0 Å².